The largest absolute Gasteiger partial charge is 0.463 e. The van der Waals surface area contributed by atoms with E-state index in [2.05, 4.69) is 23.2 Å². The predicted octanol–water partition coefficient (Wildman–Crippen LogP) is 5.07. The number of carbonyl (C=O) groups excluding carboxylic acids is 1. The van der Waals surface area contributed by atoms with Gasteiger partial charge in [0, 0.05) is 18.7 Å². The number of sulfonamides is 1. The topological polar surface area (TPSA) is 96.1 Å². The Kier molecular flexibility index (Phi) is 7.53. The molecule has 0 aliphatic carbocycles. The summed E-state index contributed by atoms with van der Waals surface area (Å²) >= 11 is 1.09. The fraction of sp³-hybridized carbons (Fsp3) is 0.0800. The number of aromatic nitrogens is 1. The van der Waals surface area contributed by atoms with Crippen LogP contribution in [0.1, 0.15) is 16.1 Å². The molecule has 0 atom stereocenters. The van der Waals surface area contributed by atoms with Crippen molar-refractivity contribution in [3.8, 4) is 0 Å². The van der Waals surface area contributed by atoms with Gasteiger partial charge in [0.15, 0.2) is 0 Å². The van der Waals surface area contributed by atoms with Crippen LogP contribution >= 0.6 is 11.3 Å². The molecule has 0 aliphatic rings. The molecule has 4 rings (SSSR count). The fourth-order valence-corrected chi connectivity index (χ4v) is 5.57. The standard InChI is InChI=1S/C25H21FN4O4S2/c1-3-13-29(14-4-2)36(32,33)21-10-7-18(8-11-21)24(31)30(27-17-20-6-5-15-34-20)25-28-22-12-9-19(26)16-23(22)35-25/h3-12,15-17H,1-2,13-14H2/b27-17+. The van der Waals surface area contributed by atoms with Crippen LogP contribution in [0.5, 0.6) is 0 Å². The summed E-state index contributed by atoms with van der Waals surface area (Å²) < 4.78 is 46.6. The first-order chi connectivity index (χ1) is 17.3. The molecule has 0 aliphatic heterocycles. The number of hydrogen-bond donors (Lipinski definition) is 0. The van der Waals surface area contributed by atoms with Crippen LogP contribution in [0.15, 0.2) is 101 Å². The Labute approximate surface area is 211 Å². The Bertz CT molecular complexity index is 1520. The smallest absolute Gasteiger partial charge is 0.280 e. The van der Waals surface area contributed by atoms with E-state index in [0.29, 0.717) is 16.0 Å². The van der Waals surface area contributed by atoms with Crippen molar-refractivity contribution in [3.63, 3.8) is 0 Å². The number of hydrazone groups is 1. The number of nitrogens with zero attached hydrogens (tertiary/aromatic N) is 4. The Morgan fingerprint density at radius 2 is 1.83 bits per heavy atom. The maximum absolute atomic E-state index is 13.7. The summed E-state index contributed by atoms with van der Waals surface area (Å²) in [5.74, 6) is -0.574. The minimum atomic E-state index is -3.82. The minimum absolute atomic E-state index is 0.0175. The molecule has 0 bridgehead atoms. The van der Waals surface area contributed by atoms with Crippen LogP contribution in [0, 0.1) is 5.82 Å². The second-order valence-corrected chi connectivity index (χ2v) is 10.4. The summed E-state index contributed by atoms with van der Waals surface area (Å²) in [6.45, 7) is 7.42. The van der Waals surface area contributed by atoms with Crippen LogP contribution in [0.2, 0.25) is 0 Å². The number of carbonyl (C=O) groups is 1. The maximum atomic E-state index is 13.7. The summed E-state index contributed by atoms with van der Waals surface area (Å²) in [5.41, 5.74) is 0.684. The third kappa shape index (κ3) is 5.33. The van der Waals surface area contributed by atoms with Crippen molar-refractivity contribution in [3.05, 3.63) is 103 Å². The maximum Gasteiger partial charge on any atom is 0.280 e. The van der Waals surface area contributed by atoms with Crippen molar-refractivity contribution in [1.29, 1.82) is 0 Å². The third-order valence-electron chi connectivity index (χ3n) is 4.96. The van der Waals surface area contributed by atoms with E-state index in [1.165, 1.54) is 71.4 Å². The molecular formula is C25H21FN4O4S2. The van der Waals surface area contributed by atoms with Gasteiger partial charge in [-0.2, -0.15) is 14.4 Å². The zero-order chi connectivity index (χ0) is 25.7. The Hall–Kier alpha value is -3.93. The monoisotopic (exact) mass is 524 g/mol. The summed E-state index contributed by atoms with van der Waals surface area (Å²) in [4.78, 5) is 17.9. The average Bonchev–Trinajstić information content (AvgIpc) is 3.53. The van der Waals surface area contributed by atoms with E-state index >= 15 is 0 Å². The number of halogens is 1. The lowest BCUT2D eigenvalue weighted by Gasteiger charge is -2.19. The highest BCUT2D eigenvalue weighted by molar-refractivity contribution is 7.89. The molecule has 184 valence electrons. The number of amides is 1. The highest BCUT2D eigenvalue weighted by Gasteiger charge is 2.25. The van der Waals surface area contributed by atoms with E-state index in [1.54, 1.807) is 12.1 Å². The number of benzene rings is 2. The number of fused-ring (bicyclic) bond motifs is 1. The molecule has 0 fully saturated rings. The van der Waals surface area contributed by atoms with Crippen molar-refractivity contribution >= 4 is 48.8 Å². The van der Waals surface area contributed by atoms with E-state index in [1.807, 2.05) is 0 Å². The Morgan fingerprint density at radius 1 is 1.11 bits per heavy atom. The van der Waals surface area contributed by atoms with E-state index in [0.717, 1.165) is 16.3 Å². The van der Waals surface area contributed by atoms with Crippen molar-refractivity contribution in [1.82, 2.24) is 9.29 Å². The summed E-state index contributed by atoms with van der Waals surface area (Å²) in [6, 6.07) is 13.0. The van der Waals surface area contributed by atoms with Crippen LogP contribution in [0.4, 0.5) is 9.52 Å². The van der Waals surface area contributed by atoms with Crippen molar-refractivity contribution in [2.45, 2.75) is 4.90 Å². The number of anilines is 1. The molecule has 0 saturated heterocycles. The van der Waals surface area contributed by atoms with Crippen molar-refractivity contribution in [2.75, 3.05) is 18.1 Å². The lowest BCUT2D eigenvalue weighted by atomic mass is 10.2. The number of hydrogen-bond acceptors (Lipinski definition) is 7. The van der Waals surface area contributed by atoms with Gasteiger partial charge in [0.05, 0.1) is 27.6 Å². The molecule has 4 aromatic rings. The van der Waals surface area contributed by atoms with Gasteiger partial charge in [0.1, 0.15) is 11.6 Å². The minimum Gasteiger partial charge on any atom is -0.463 e. The molecule has 2 heterocycles. The molecule has 11 heteroatoms. The van der Waals surface area contributed by atoms with Gasteiger partial charge in [0.25, 0.3) is 5.91 Å². The first-order valence-electron chi connectivity index (χ1n) is 10.6. The third-order valence-corrected chi connectivity index (χ3v) is 7.80. The quantitative estimate of drug-likeness (QED) is 0.164. The highest BCUT2D eigenvalue weighted by Crippen LogP contribution is 2.31. The van der Waals surface area contributed by atoms with Crippen LogP contribution in [-0.2, 0) is 10.0 Å². The Morgan fingerprint density at radius 3 is 2.47 bits per heavy atom. The van der Waals surface area contributed by atoms with Gasteiger partial charge < -0.3 is 4.42 Å². The van der Waals surface area contributed by atoms with Gasteiger partial charge in [-0.3, -0.25) is 4.79 Å². The number of thiazole rings is 1. The lowest BCUT2D eigenvalue weighted by molar-refractivity contribution is 0.0987. The van der Waals surface area contributed by atoms with Gasteiger partial charge >= 0.3 is 0 Å². The fourth-order valence-electron chi connectivity index (χ4n) is 3.24. The molecule has 0 saturated carbocycles. The normalized spacial score (nSPS) is 11.8. The van der Waals surface area contributed by atoms with Gasteiger partial charge in [-0.1, -0.05) is 23.5 Å². The first kappa shape index (κ1) is 25.2. The van der Waals surface area contributed by atoms with Crippen molar-refractivity contribution < 1.29 is 22.0 Å². The van der Waals surface area contributed by atoms with E-state index in [9.17, 15) is 17.6 Å². The van der Waals surface area contributed by atoms with Crippen LogP contribution in [0.25, 0.3) is 10.2 Å². The molecule has 2 aromatic carbocycles. The molecular weight excluding hydrogens is 503 g/mol. The van der Waals surface area contributed by atoms with Gasteiger partial charge in [-0.05, 0) is 54.6 Å². The molecule has 8 nitrogen and oxygen atoms in total. The molecule has 0 radical (unpaired) electrons. The summed E-state index contributed by atoms with van der Waals surface area (Å²) in [7, 11) is -3.82. The molecule has 0 N–H and O–H groups in total. The Balaban J connectivity index is 1.68. The summed E-state index contributed by atoms with van der Waals surface area (Å²) in [5, 5.41) is 5.53. The predicted molar refractivity (Wildman–Crippen MR) is 138 cm³/mol. The van der Waals surface area contributed by atoms with Crippen LogP contribution in [-0.4, -0.2) is 42.9 Å². The van der Waals surface area contributed by atoms with Gasteiger partial charge in [-0.25, -0.2) is 17.8 Å². The average molecular weight is 525 g/mol. The van der Waals surface area contributed by atoms with E-state index < -0.39 is 21.7 Å². The molecule has 1 amide bonds. The first-order valence-corrected chi connectivity index (χ1v) is 12.9. The van der Waals surface area contributed by atoms with Crippen molar-refractivity contribution in [2.24, 2.45) is 5.10 Å². The van der Waals surface area contributed by atoms with E-state index in [4.69, 9.17) is 4.42 Å². The molecule has 0 unspecified atom stereocenters. The van der Waals surface area contributed by atoms with Gasteiger partial charge in [-0.15, -0.1) is 13.2 Å². The second kappa shape index (κ2) is 10.8. The summed E-state index contributed by atoms with van der Waals surface area (Å²) in [6.07, 6.45) is 5.79. The molecule has 0 spiro atoms. The number of rotatable bonds is 10. The molecule has 36 heavy (non-hydrogen) atoms. The zero-order valence-corrected chi connectivity index (χ0v) is 20.6. The second-order valence-electron chi connectivity index (χ2n) is 7.41. The SMILES string of the molecule is C=CCN(CC=C)S(=O)(=O)c1ccc(C(=O)N(/N=C/c2ccco2)c2nc3ccc(F)cc3s2)cc1. The van der Waals surface area contributed by atoms with Gasteiger partial charge in [0.2, 0.25) is 15.2 Å². The zero-order valence-electron chi connectivity index (χ0n) is 19.0. The molecule has 2 aromatic heterocycles. The highest BCUT2D eigenvalue weighted by atomic mass is 32.2. The van der Waals surface area contributed by atoms with Crippen LogP contribution in [0.3, 0.4) is 0 Å². The van der Waals surface area contributed by atoms with Crippen LogP contribution < -0.4 is 5.01 Å². The van der Waals surface area contributed by atoms with E-state index in [-0.39, 0.29) is 28.7 Å². The number of furan rings is 1. The lowest BCUT2D eigenvalue weighted by Crippen LogP contribution is -2.31.